The summed E-state index contributed by atoms with van der Waals surface area (Å²) in [5.41, 5.74) is 2.63. The van der Waals surface area contributed by atoms with Crippen molar-refractivity contribution >= 4 is 5.91 Å². The number of benzene rings is 1. The third kappa shape index (κ3) is 3.79. The van der Waals surface area contributed by atoms with Gasteiger partial charge in [-0.3, -0.25) is 9.78 Å². The highest BCUT2D eigenvalue weighted by molar-refractivity contribution is 5.93. The quantitative estimate of drug-likeness (QED) is 0.783. The van der Waals surface area contributed by atoms with Gasteiger partial charge in [-0.25, -0.2) is 0 Å². The number of aromatic nitrogens is 3. The van der Waals surface area contributed by atoms with Crippen molar-refractivity contribution in [1.82, 2.24) is 20.5 Å². The molecule has 2 heterocycles. The van der Waals surface area contributed by atoms with E-state index in [1.807, 2.05) is 31.2 Å². The zero-order valence-electron chi connectivity index (χ0n) is 12.7. The lowest BCUT2D eigenvalue weighted by Gasteiger charge is -2.02. The SMILES string of the molecule is Cc1ccc(-c2nnc(CCNC(=O)c3ccncc3)o2)cc1. The molecular weight excluding hydrogens is 292 g/mol. The Balaban J connectivity index is 1.55. The van der Waals surface area contributed by atoms with Crippen LogP contribution in [0.15, 0.2) is 53.2 Å². The molecule has 0 aliphatic rings. The van der Waals surface area contributed by atoms with Crippen molar-refractivity contribution in [2.24, 2.45) is 0 Å². The lowest BCUT2D eigenvalue weighted by molar-refractivity contribution is 0.0953. The smallest absolute Gasteiger partial charge is 0.251 e. The van der Waals surface area contributed by atoms with Crippen molar-refractivity contribution in [3.8, 4) is 11.5 Å². The van der Waals surface area contributed by atoms with Gasteiger partial charge in [-0.1, -0.05) is 17.7 Å². The highest BCUT2D eigenvalue weighted by Gasteiger charge is 2.09. The minimum atomic E-state index is -0.148. The standard InChI is InChI=1S/C17H16N4O2/c1-12-2-4-14(5-3-12)17-21-20-15(23-17)8-11-19-16(22)13-6-9-18-10-7-13/h2-7,9-10H,8,11H2,1H3,(H,19,22). The Morgan fingerprint density at radius 3 is 2.57 bits per heavy atom. The number of hydrogen-bond acceptors (Lipinski definition) is 5. The van der Waals surface area contributed by atoms with E-state index in [1.54, 1.807) is 24.5 Å². The van der Waals surface area contributed by atoms with Gasteiger partial charge < -0.3 is 9.73 Å². The van der Waals surface area contributed by atoms with Gasteiger partial charge in [-0.15, -0.1) is 10.2 Å². The van der Waals surface area contributed by atoms with Gasteiger partial charge in [0.15, 0.2) is 0 Å². The zero-order valence-corrected chi connectivity index (χ0v) is 12.7. The van der Waals surface area contributed by atoms with E-state index in [1.165, 1.54) is 5.56 Å². The average Bonchev–Trinajstić information content (AvgIpc) is 3.05. The molecule has 0 spiro atoms. The first-order valence-electron chi connectivity index (χ1n) is 7.30. The zero-order chi connectivity index (χ0) is 16.1. The van der Waals surface area contributed by atoms with Crippen LogP contribution < -0.4 is 5.32 Å². The maximum atomic E-state index is 11.9. The Bertz CT molecular complexity index is 782. The minimum absolute atomic E-state index is 0.148. The summed E-state index contributed by atoms with van der Waals surface area (Å²) in [5, 5.41) is 10.9. The maximum Gasteiger partial charge on any atom is 0.251 e. The van der Waals surface area contributed by atoms with Gasteiger partial charge in [0.05, 0.1) is 0 Å². The second-order valence-electron chi connectivity index (χ2n) is 5.11. The van der Waals surface area contributed by atoms with Crippen LogP contribution in [0.4, 0.5) is 0 Å². The highest BCUT2D eigenvalue weighted by atomic mass is 16.4. The van der Waals surface area contributed by atoms with E-state index >= 15 is 0 Å². The molecule has 0 aliphatic carbocycles. The van der Waals surface area contributed by atoms with Gasteiger partial charge in [0.25, 0.3) is 5.91 Å². The Labute approximate surface area is 133 Å². The van der Waals surface area contributed by atoms with E-state index in [9.17, 15) is 4.79 Å². The van der Waals surface area contributed by atoms with Crippen LogP contribution in [0.1, 0.15) is 21.8 Å². The molecule has 0 aliphatic heterocycles. The molecular formula is C17H16N4O2. The van der Waals surface area contributed by atoms with Crippen molar-refractivity contribution in [2.75, 3.05) is 6.54 Å². The van der Waals surface area contributed by atoms with E-state index in [-0.39, 0.29) is 5.91 Å². The lowest BCUT2D eigenvalue weighted by atomic mass is 10.1. The van der Waals surface area contributed by atoms with E-state index < -0.39 is 0 Å². The number of carbonyl (C=O) groups excluding carboxylic acids is 1. The van der Waals surface area contributed by atoms with E-state index in [0.717, 1.165) is 5.56 Å². The van der Waals surface area contributed by atoms with Gasteiger partial charge in [0.2, 0.25) is 11.8 Å². The predicted octanol–water partition coefficient (Wildman–Crippen LogP) is 2.41. The first-order chi connectivity index (χ1) is 11.2. The summed E-state index contributed by atoms with van der Waals surface area (Å²) in [6.07, 6.45) is 3.65. The van der Waals surface area contributed by atoms with Gasteiger partial charge >= 0.3 is 0 Å². The number of hydrogen-bond donors (Lipinski definition) is 1. The number of nitrogens with one attached hydrogen (secondary N) is 1. The topological polar surface area (TPSA) is 80.9 Å². The molecule has 3 aromatic rings. The number of aryl methyl sites for hydroxylation is 1. The minimum Gasteiger partial charge on any atom is -0.421 e. The van der Waals surface area contributed by atoms with Crippen LogP contribution in [0.25, 0.3) is 11.5 Å². The van der Waals surface area contributed by atoms with Crippen molar-refractivity contribution < 1.29 is 9.21 Å². The second-order valence-corrected chi connectivity index (χ2v) is 5.11. The van der Waals surface area contributed by atoms with Gasteiger partial charge in [-0.05, 0) is 31.2 Å². The fourth-order valence-electron chi connectivity index (χ4n) is 2.06. The largest absolute Gasteiger partial charge is 0.421 e. The lowest BCUT2D eigenvalue weighted by Crippen LogP contribution is -2.25. The van der Waals surface area contributed by atoms with Crippen LogP contribution in [-0.4, -0.2) is 27.6 Å². The molecule has 0 saturated carbocycles. The molecule has 116 valence electrons. The van der Waals surface area contributed by atoms with Crippen molar-refractivity contribution in [2.45, 2.75) is 13.3 Å². The third-order valence-electron chi connectivity index (χ3n) is 3.33. The molecule has 0 atom stereocenters. The summed E-state index contributed by atoms with van der Waals surface area (Å²) in [6.45, 7) is 2.45. The number of nitrogens with zero attached hydrogens (tertiary/aromatic N) is 3. The molecule has 0 saturated heterocycles. The Morgan fingerprint density at radius 1 is 1.09 bits per heavy atom. The summed E-state index contributed by atoms with van der Waals surface area (Å²) >= 11 is 0. The molecule has 3 rings (SSSR count). The predicted molar refractivity (Wildman–Crippen MR) is 84.7 cm³/mol. The molecule has 0 fully saturated rings. The van der Waals surface area contributed by atoms with Crippen molar-refractivity contribution in [3.05, 3.63) is 65.8 Å². The second kappa shape index (κ2) is 6.83. The molecule has 0 bridgehead atoms. The van der Waals surface area contributed by atoms with Crippen molar-refractivity contribution in [1.29, 1.82) is 0 Å². The highest BCUT2D eigenvalue weighted by Crippen LogP contribution is 2.18. The van der Waals surface area contributed by atoms with E-state index in [4.69, 9.17) is 4.42 Å². The Hall–Kier alpha value is -3.02. The van der Waals surface area contributed by atoms with Gasteiger partial charge in [0.1, 0.15) is 0 Å². The number of pyridine rings is 1. The molecule has 2 aromatic heterocycles. The van der Waals surface area contributed by atoms with Crippen LogP contribution in [-0.2, 0) is 6.42 Å². The molecule has 23 heavy (non-hydrogen) atoms. The molecule has 1 amide bonds. The summed E-state index contributed by atoms with van der Waals surface area (Å²) < 4.78 is 5.61. The molecule has 0 radical (unpaired) electrons. The third-order valence-corrected chi connectivity index (χ3v) is 3.33. The first kappa shape index (κ1) is 14.9. The fraction of sp³-hybridized carbons (Fsp3) is 0.176. The van der Waals surface area contributed by atoms with Crippen LogP contribution in [0.5, 0.6) is 0 Å². The number of rotatable bonds is 5. The van der Waals surface area contributed by atoms with E-state index in [0.29, 0.717) is 30.3 Å². The van der Waals surface area contributed by atoms with Crippen molar-refractivity contribution in [3.63, 3.8) is 0 Å². The number of amides is 1. The molecule has 6 heteroatoms. The maximum absolute atomic E-state index is 11.9. The van der Waals surface area contributed by atoms with Crippen LogP contribution in [0.3, 0.4) is 0 Å². The van der Waals surface area contributed by atoms with Crippen LogP contribution >= 0.6 is 0 Å². The van der Waals surface area contributed by atoms with E-state index in [2.05, 4.69) is 20.5 Å². The average molecular weight is 308 g/mol. The number of carbonyl (C=O) groups is 1. The first-order valence-corrected chi connectivity index (χ1v) is 7.30. The molecule has 1 N–H and O–H groups in total. The monoisotopic (exact) mass is 308 g/mol. The Morgan fingerprint density at radius 2 is 1.83 bits per heavy atom. The molecule has 0 unspecified atom stereocenters. The molecule has 1 aromatic carbocycles. The normalized spacial score (nSPS) is 10.5. The fourth-order valence-corrected chi connectivity index (χ4v) is 2.06. The van der Waals surface area contributed by atoms with Crippen LogP contribution in [0, 0.1) is 6.92 Å². The molecule has 6 nitrogen and oxygen atoms in total. The Kier molecular flexibility index (Phi) is 4.42. The van der Waals surface area contributed by atoms with Crippen LogP contribution in [0.2, 0.25) is 0 Å². The van der Waals surface area contributed by atoms with Gasteiger partial charge in [0, 0.05) is 36.5 Å². The summed E-state index contributed by atoms with van der Waals surface area (Å²) in [4.78, 5) is 15.8. The van der Waals surface area contributed by atoms with Gasteiger partial charge in [-0.2, -0.15) is 0 Å². The summed E-state index contributed by atoms with van der Waals surface area (Å²) in [5.74, 6) is 0.835. The summed E-state index contributed by atoms with van der Waals surface area (Å²) in [6, 6.07) is 11.2. The summed E-state index contributed by atoms with van der Waals surface area (Å²) in [7, 11) is 0.